The van der Waals surface area contributed by atoms with E-state index in [-0.39, 0.29) is 55.7 Å². The fourth-order valence-corrected chi connectivity index (χ4v) is 3.04. The number of rotatable bonds is 7. The third-order valence-electron chi connectivity index (χ3n) is 4.51. The van der Waals surface area contributed by atoms with Gasteiger partial charge in [-0.2, -0.15) is 0 Å². The van der Waals surface area contributed by atoms with Crippen LogP contribution in [0.2, 0.25) is 0 Å². The Balaban J connectivity index is 0. The summed E-state index contributed by atoms with van der Waals surface area (Å²) in [6, 6.07) is 4.24. The van der Waals surface area contributed by atoms with Crippen molar-refractivity contribution in [1.82, 2.24) is 20.3 Å². The average molecular weight is 535 g/mol. The fraction of sp³-hybridized carbons (Fsp3) is 0.316. The maximum absolute atomic E-state index is 13.3. The molecule has 1 fully saturated rings. The Morgan fingerprint density at radius 3 is 2.53 bits per heavy atom. The first kappa shape index (κ1) is 32.4. The van der Waals surface area contributed by atoms with E-state index < -0.39 is 17.5 Å². The number of aromatic nitrogens is 2. The summed E-state index contributed by atoms with van der Waals surface area (Å²) >= 11 is 0. The van der Waals surface area contributed by atoms with E-state index in [1.54, 1.807) is 12.3 Å². The van der Waals surface area contributed by atoms with Gasteiger partial charge in [-0.3, -0.25) is 15.0 Å². The van der Waals surface area contributed by atoms with Gasteiger partial charge < -0.3 is 10.2 Å². The van der Waals surface area contributed by atoms with Crippen molar-refractivity contribution in [2.75, 3.05) is 25.0 Å². The highest BCUT2D eigenvalue weighted by molar-refractivity contribution is 5.90. The van der Waals surface area contributed by atoms with Gasteiger partial charge >= 0.3 is 0 Å². The van der Waals surface area contributed by atoms with Gasteiger partial charge in [0.15, 0.2) is 11.6 Å². The highest BCUT2D eigenvalue weighted by Crippen LogP contribution is 2.16. The highest BCUT2D eigenvalue weighted by Gasteiger charge is 2.22. The van der Waals surface area contributed by atoms with Gasteiger partial charge in [-0.15, -0.1) is 49.6 Å². The summed E-state index contributed by atoms with van der Waals surface area (Å²) in [5, 5.41) is 11.8. The number of halogens is 6. The first-order chi connectivity index (χ1) is 13.5. The molecule has 1 amide bonds. The number of amides is 1. The van der Waals surface area contributed by atoms with Gasteiger partial charge in [0.1, 0.15) is 5.82 Å². The normalized spacial score (nSPS) is 15.0. The Labute approximate surface area is 209 Å². The van der Waals surface area contributed by atoms with Crippen molar-refractivity contribution < 1.29 is 18.8 Å². The fourth-order valence-electron chi connectivity index (χ4n) is 3.04. The minimum atomic E-state index is -0.825. The van der Waals surface area contributed by atoms with Crippen LogP contribution in [0.25, 0.3) is 6.08 Å². The molecule has 0 aliphatic carbocycles. The number of hydrogen-bond donors (Lipinski definition) is 3. The van der Waals surface area contributed by atoms with Gasteiger partial charge in [-0.25, -0.2) is 19.2 Å². The number of anilines is 1. The molecule has 0 saturated carbocycles. The molecule has 180 valence electrons. The average Bonchev–Trinajstić information content (AvgIpc) is 3.15. The Morgan fingerprint density at radius 1 is 1.16 bits per heavy atom. The molecule has 2 heterocycles. The monoisotopic (exact) mass is 533 g/mol. The van der Waals surface area contributed by atoms with Crippen LogP contribution in [0.5, 0.6) is 0 Å². The Morgan fingerprint density at radius 2 is 1.91 bits per heavy atom. The second kappa shape index (κ2) is 16.0. The van der Waals surface area contributed by atoms with E-state index in [0.717, 1.165) is 43.8 Å². The number of hydroxylamine groups is 1. The molecule has 3 N–H and O–H groups in total. The lowest BCUT2D eigenvalue weighted by atomic mass is 10.1. The van der Waals surface area contributed by atoms with Crippen molar-refractivity contribution in [3.8, 4) is 0 Å². The smallest absolute Gasteiger partial charge is 0.267 e. The third kappa shape index (κ3) is 9.81. The summed E-state index contributed by atoms with van der Waals surface area (Å²) in [5.74, 6) is -1.64. The van der Waals surface area contributed by atoms with Crippen molar-refractivity contribution in [2.45, 2.75) is 18.9 Å². The van der Waals surface area contributed by atoms with Crippen molar-refractivity contribution in [2.24, 2.45) is 0 Å². The number of carbonyl (C=O) groups excluding carboxylic acids is 1. The third-order valence-corrected chi connectivity index (χ3v) is 4.51. The second-order valence-corrected chi connectivity index (χ2v) is 6.56. The van der Waals surface area contributed by atoms with Crippen LogP contribution in [0.15, 0.2) is 36.7 Å². The minimum Gasteiger partial charge on any atom is -0.365 e. The van der Waals surface area contributed by atoms with Crippen LogP contribution in [0.4, 0.5) is 14.6 Å². The van der Waals surface area contributed by atoms with Crippen molar-refractivity contribution in [3.05, 3.63) is 59.6 Å². The molecular weight excluding hydrogens is 510 g/mol. The predicted molar refractivity (Wildman–Crippen MR) is 129 cm³/mol. The van der Waals surface area contributed by atoms with E-state index in [4.69, 9.17) is 5.21 Å². The molecular formula is C19H25Cl4F2N5O2. The minimum absolute atomic E-state index is 0. The van der Waals surface area contributed by atoms with Crippen LogP contribution in [0, 0.1) is 11.6 Å². The lowest BCUT2D eigenvalue weighted by molar-refractivity contribution is -0.124. The van der Waals surface area contributed by atoms with Crippen LogP contribution in [-0.4, -0.2) is 51.7 Å². The highest BCUT2D eigenvalue weighted by atomic mass is 35.5. The van der Waals surface area contributed by atoms with E-state index in [1.807, 2.05) is 0 Å². The first-order valence-corrected chi connectivity index (χ1v) is 8.90. The number of benzene rings is 1. The van der Waals surface area contributed by atoms with Crippen molar-refractivity contribution in [3.63, 3.8) is 0 Å². The number of hydrogen-bond acceptors (Lipinski definition) is 6. The van der Waals surface area contributed by atoms with E-state index in [1.165, 1.54) is 23.8 Å². The van der Waals surface area contributed by atoms with Gasteiger partial charge in [0.25, 0.3) is 5.91 Å². The zero-order valence-corrected chi connectivity index (χ0v) is 20.0. The molecule has 32 heavy (non-hydrogen) atoms. The SMILES string of the molecule is Cl.Cl.Cl.Cl.O=C(C=Cc1cnc(N[C@@H]2CCN(CCc3ccc(F)c(F)c3)C2)cn1)NO. The van der Waals surface area contributed by atoms with Crippen LogP contribution < -0.4 is 10.8 Å². The van der Waals surface area contributed by atoms with Gasteiger partial charge in [-0.1, -0.05) is 6.07 Å². The van der Waals surface area contributed by atoms with Crippen molar-refractivity contribution in [1.29, 1.82) is 0 Å². The summed E-state index contributed by atoms with van der Waals surface area (Å²) in [7, 11) is 0. The first-order valence-electron chi connectivity index (χ1n) is 8.90. The number of carbonyl (C=O) groups is 1. The molecule has 0 bridgehead atoms. The van der Waals surface area contributed by atoms with E-state index in [0.29, 0.717) is 17.9 Å². The Hall–Kier alpha value is -1.75. The second-order valence-electron chi connectivity index (χ2n) is 6.56. The molecule has 1 atom stereocenters. The summed E-state index contributed by atoms with van der Waals surface area (Å²) in [4.78, 5) is 21.7. The maximum atomic E-state index is 13.3. The van der Waals surface area contributed by atoms with E-state index >= 15 is 0 Å². The quantitative estimate of drug-likeness (QED) is 0.285. The molecule has 7 nitrogen and oxygen atoms in total. The van der Waals surface area contributed by atoms with Gasteiger partial charge in [0.2, 0.25) is 0 Å². The maximum Gasteiger partial charge on any atom is 0.267 e. The van der Waals surface area contributed by atoms with Crippen LogP contribution in [-0.2, 0) is 11.2 Å². The molecule has 13 heteroatoms. The van der Waals surface area contributed by atoms with Gasteiger partial charge in [0.05, 0.1) is 18.1 Å². The van der Waals surface area contributed by atoms with Crippen LogP contribution >= 0.6 is 49.6 Å². The molecule has 1 aliphatic heterocycles. The van der Waals surface area contributed by atoms with E-state index in [9.17, 15) is 13.6 Å². The molecule has 1 saturated heterocycles. The van der Waals surface area contributed by atoms with Crippen LogP contribution in [0.3, 0.4) is 0 Å². The zero-order valence-electron chi connectivity index (χ0n) is 16.7. The Kier molecular flexibility index (Phi) is 16.2. The molecule has 1 aromatic heterocycles. The van der Waals surface area contributed by atoms with Crippen molar-refractivity contribution >= 4 is 67.4 Å². The summed E-state index contributed by atoms with van der Waals surface area (Å²) in [6.07, 6.45) is 7.31. The van der Waals surface area contributed by atoms with Gasteiger partial charge in [0, 0.05) is 31.8 Å². The number of nitrogens with zero attached hydrogens (tertiary/aromatic N) is 3. The lowest BCUT2D eigenvalue weighted by Gasteiger charge is -2.17. The standard InChI is InChI=1S/C19H21F2N5O2.4ClH/c20-16-3-1-13(9-17(16)21)5-7-26-8-6-15(12-26)24-18-11-22-14(10-23-18)2-4-19(27)25-28;;;;/h1-4,9-11,15,28H,5-8,12H2,(H,23,24)(H,25,27);4*1H/t15-;;;;/m1..../s1. The summed E-state index contributed by atoms with van der Waals surface area (Å²) in [6.45, 7) is 2.50. The molecule has 2 aromatic rings. The molecule has 0 unspecified atom stereocenters. The zero-order chi connectivity index (χ0) is 19.9. The Bertz CT molecular complexity index is 862. The molecule has 1 aliphatic rings. The topological polar surface area (TPSA) is 90.4 Å². The van der Waals surface area contributed by atoms with E-state index in [2.05, 4.69) is 20.2 Å². The summed E-state index contributed by atoms with van der Waals surface area (Å²) < 4.78 is 26.3. The molecule has 1 aromatic carbocycles. The molecule has 3 rings (SSSR count). The molecule has 0 radical (unpaired) electrons. The number of nitrogens with one attached hydrogen (secondary N) is 2. The summed E-state index contributed by atoms with van der Waals surface area (Å²) in [5.41, 5.74) is 2.77. The lowest BCUT2D eigenvalue weighted by Crippen LogP contribution is -2.28. The predicted octanol–water partition coefficient (Wildman–Crippen LogP) is 3.69. The molecule has 0 spiro atoms. The largest absolute Gasteiger partial charge is 0.365 e. The van der Waals surface area contributed by atoms with Crippen LogP contribution in [0.1, 0.15) is 17.7 Å². The number of likely N-dealkylation sites (tertiary alicyclic amines) is 1. The van der Waals surface area contributed by atoms with Gasteiger partial charge in [-0.05, 0) is 36.6 Å².